The average molecular weight is 489 g/mol. The predicted octanol–water partition coefficient (Wildman–Crippen LogP) is 6.04. The number of rotatable bonds is 1. The smallest absolute Gasteiger partial charge is 0.115 e. The van der Waals surface area contributed by atoms with Crippen LogP contribution in [0.15, 0.2) is 48.5 Å². The first-order valence-corrected chi connectivity index (χ1v) is 11.2. The topological polar surface area (TPSA) is 23.5 Å². The number of hydrogen-bond donors (Lipinski definition) is 1. The van der Waals surface area contributed by atoms with Gasteiger partial charge in [0.25, 0.3) is 0 Å². The number of phenols is 1. The summed E-state index contributed by atoms with van der Waals surface area (Å²) in [6, 6.07) is 16.6. The Morgan fingerprint density at radius 3 is 1.97 bits per heavy atom. The van der Waals surface area contributed by atoms with Gasteiger partial charge in [0.15, 0.2) is 0 Å². The van der Waals surface area contributed by atoms with E-state index >= 15 is 0 Å². The van der Waals surface area contributed by atoms with Crippen LogP contribution in [0.3, 0.4) is 0 Å². The molecule has 3 rings (SSSR count). The van der Waals surface area contributed by atoms with E-state index in [9.17, 15) is 5.11 Å². The molecule has 2 aromatic carbocycles. The number of aromatic hydroxyl groups is 1. The Morgan fingerprint density at radius 2 is 1.55 bits per heavy atom. The van der Waals surface area contributed by atoms with Crippen LogP contribution in [0.5, 0.6) is 5.75 Å². The van der Waals surface area contributed by atoms with E-state index in [1.54, 1.807) is 12.1 Å². The van der Waals surface area contributed by atoms with Crippen molar-refractivity contribution in [1.82, 2.24) is 4.90 Å². The molecule has 2 aromatic rings. The molecule has 1 aliphatic rings. The molecule has 0 aliphatic heterocycles. The summed E-state index contributed by atoms with van der Waals surface area (Å²) < 4.78 is 0. The minimum absolute atomic E-state index is 0. The second-order valence-electron chi connectivity index (χ2n) is 7.90. The Kier molecular flexibility index (Phi) is 18.7. The molecule has 0 aromatic heterocycles. The Morgan fingerprint density at radius 1 is 1.00 bits per heavy atom. The number of hydrogen-bond acceptors (Lipinski definition) is 2. The number of fused-ring (bicyclic) bond motifs is 1. The van der Waals surface area contributed by atoms with E-state index in [4.69, 9.17) is 0 Å². The fourth-order valence-electron chi connectivity index (χ4n) is 2.68. The van der Waals surface area contributed by atoms with E-state index in [1.165, 1.54) is 17.5 Å². The van der Waals surface area contributed by atoms with E-state index < -0.39 is 0 Å². The van der Waals surface area contributed by atoms with Crippen molar-refractivity contribution >= 4 is 34.3 Å². The third-order valence-electron chi connectivity index (χ3n) is 4.23. The normalized spacial score (nSPS) is 13.6. The Hall–Kier alpha value is -0.419. The van der Waals surface area contributed by atoms with Crippen LogP contribution in [-0.2, 0) is 33.6 Å². The fourth-order valence-corrected chi connectivity index (χ4v) is 2.68. The second-order valence-corrected chi connectivity index (χ2v) is 8.90. The standard InChI is InChI=1S/C11H14N.C10H14O.C2H6Si.2ClH.Ti/c1-12(2)11-7-9-5-3-4-6-10(9)8-11;1-10(2,3)8-5-4-6-9(11)7-8;1-3-2;;;/h3-7,11H,8H2,1-2H3;4-7,11H,1-3H3;1-2H3;2*1H;/q-1;;;;;. The summed E-state index contributed by atoms with van der Waals surface area (Å²) in [5.74, 6) is 0.345. The van der Waals surface area contributed by atoms with Crippen molar-refractivity contribution in [1.29, 1.82) is 0 Å². The molecule has 2 radical (unpaired) electrons. The molecule has 1 atom stereocenters. The van der Waals surface area contributed by atoms with Gasteiger partial charge in [-0.3, -0.25) is 0 Å². The monoisotopic (exact) mass is 488 g/mol. The molecule has 0 amide bonds. The molecular formula is C23H36Cl2NOSiTi-. The van der Waals surface area contributed by atoms with Crippen LogP contribution in [0, 0.1) is 6.42 Å². The quantitative estimate of drug-likeness (QED) is 0.390. The minimum Gasteiger partial charge on any atom is -0.508 e. The molecule has 1 aliphatic carbocycles. The van der Waals surface area contributed by atoms with E-state index in [2.05, 4.69) is 83.5 Å². The van der Waals surface area contributed by atoms with Crippen molar-refractivity contribution in [2.45, 2.75) is 51.7 Å². The van der Waals surface area contributed by atoms with Gasteiger partial charge < -0.3 is 10.0 Å². The van der Waals surface area contributed by atoms with Crippen LogP contribution >= 0.6 is 24.8 Å². The second kappa shape index (κ2) is 16.3. The summed E-state index contributed by atoms with van der Waals surface area (Å²) in [4.78, 5) is 2.26. The summed E-state index contributed by atoms with van der Waals surface area (Å²) in [5, 5.41) is 9.18. The van der Waals surface area contributed by atoms with Gasteiger partial charge in [0.2, 0.25) is 0 Å². The first-order chi connectivity index (χ1) is 12.2. The largest absolute Gasteiger partial charge is 0.508 e. The van der Waals surface area contributed by atoms with Gasteiger partial charge in [0, 0.05) is 31.2 Å². The zero-order valence-electron chi connectivity index (χ0n) is 18.7. The van der Waals surface area contributed by atoms with Crippen LogP contribution in [0.4, 0.5) is 0 Å². The molecule has 1 unspecified atom stereocenters. The van der Waals surface area contributed by atoms with E-state index in [1.807, 2.05) is 12.1 Å². The Bertz CT molecular complexity index is 653. The van der Waals surface area contributed by atoms with Gasteiger partial charge in [-0.2, -0.15) is 18.1 Å². The van der Waals surface area contributed by atoms with Gasteiger partial charge in [0.1, 0.15) is 5.75 Å². The number of likely N-dealkylation sites (N-methyl/N-ethyl adjacent to an activating group) is 1. The zero-order valence-corrected chi connectivity index (χ0v) is 22.9. The predicted molar refractivity (Wildman–Crippen MR) is 130 cm³/mol. The number of phenolic OH excluding ortho intramolecular Hbond substituents is 1. The maximum absolute atomic E-state index is 9.18. The number of benzene rings is 2. The third-order valence-corrected chi connectivity index (χ3v) is 4.23. The van der Waals surface area contributed by atoms with Crippen LogP contribution < -0.4 is 0 Å². The van der Waals surface area contributed by atoms with Gasteiger partial charge in [-0.05, 0) is 43.2 Å². The first kappa shape index (κ1) is 33.2. The molecule has 0 bridgehead atoms. The summed E-state index contributed by atoms with van der Waals surface area (Å²) in [6.07, 6.45) is 3.51. The van der Waals surface area contributed by atoms with Crippen molar-refractivity contribution < 1.29 is 26.8 Å². The van der Waals surface area contributed by atoms with Gasteiger partial charge in [0.05, 0.1) is 0 Å². The Balaban J connectivity index is -0.000000378. The molecule has 0 saturated carbocycles. The van der Waals surface area contributed by atoms with E-state index in [0.29, 0.717) is 11.8 Å². The summed E-state index contributed by atoms with van der Waals surface area (Å²) in [5.41, 5.74) is 4.18. The summed E-state index contributed by atoms with van der Waals surface area (Å²) in [6.45, 7) is 10.7. The van der Waals surface area contributed by atoms with Crippen molar-refractivity contribution in [2.24, 2.45) is 0 Å². The van der Waals surface area contributed by atoms with Gasteiger partial charge in [-0.25, -0.2) is 0 Å². The van der Waals surface area contributed by atoms with E-state index in [-0.39, 0.29) is 51.9 Å². The van der Waals surface area contributed by atoms with Crippen molar-refractivity contribution in [3.05, 3.63) is 71.6 Å². The van der Waals surface area contributed by atoms with E-state index in [0.717, 1.165) is 15.1 Å². The summed E-state index contributed by atoms with van der Waals surface area (Å²) in [7, 11) is 5.35. The van der Waals surface area contributed by atoms with Gasteiger partial charge >= 0.3 is 0 Å². The number of nitrogens with zero attached hydrogens (tertiary/aromatic N) is 1. The summed E-state index contributed by atoms with van der Waals surface area (Å²) >= 11 is 0. The van der Waals surface area contributed by atoms with Crippen molar-refractivity contribution in [3.63, 3.8) is 0 Å². The molecule has 29 heavy (non-hydrogen) atoms. The minimum atomic E-state index is 0. The van der Waals surface area contributed by atoms with Crippen LogP contribution in [-0.4, -0.2) is 39.7 Å². The van der Waals surface area contributed by atoms with Crippen molar-refractivity contribution in [2.75, 3.05) is 14.1 Å². The third kappa shape index (κ3) is 12.1. The van der Waals surface area contributed by atoms with Gasteiger partial charge in [-0.1, -0.05) is 58.5 Å². The molecule has 0 spiro atoms. The molecular weight excluding hydrogens is 453 g/mol. The zero-order chi connectivity index (χ0) is 19.7. The average Bonchev–Trinajstić information content (AvgIpc) is 3.00. The Labute approximate surface area is 208 Å². The fraction of sp³-hybridized carbons (Fsp3) is 0.435. The number of halogens is 2. The van der Waals surface area contributed by atoms with Crippen LogP contribution in [0.2, 0.25) is 13.1 Å². The maximum Gasteiger partial charge on any atom is 0.115 e. The first-order valence-electron chi connectivity index (χ1n) is 9.16. The molecule has 162 valence electrons. The molecule has 0 fully saturated rings. The van der Waals surface area contributed by atoms with Crippen molar-refractivity contribution in [3.8, 4) is 5.75 Å². The molecule has 0 saturated heterocycles. The van der Waals surface area contributed by atoms with Gasteiger partial charge in [-0.15, -0.1) is 42.5 Å². The van der Waals surface area contributed by atoms with Crippen LogP contribution in [0.25, 0.3) is 0 Å². The molecule has 6 heteroatoms. The molecule has 2 nitrogen and oxygen atoms in total. The maximum atomic E-state index is 9.18. The molecule has 1 N–H and O–H groups in total. The van der Waals surface area contributed by atoms with Crippen LogP contribution in [0.1, 0.15) is 37.5 Å². The molecule has 0 heterocycles. The SMILES string of the molecule is CC(C)(C)c1cccc(O)c1.CN(C)C1[CH-]c2ccccc2C1.C[Si]C.Cl.Cl.[Ti].